The maximum absolute atomic E-state index is 11.7. The summed E-state index contributed by atoms with van der Waals surface area (Å²) in [5, 5.41) is 0. The van der Waals surface area contributed by atoms with Crippen LogP contribution in [0.4, 0.5) is 5.69 Å². The van der Waals surface area contributed by atoms with Gasteiger partial charge >= 0.3 is 0 Å². The summed E-state index contributed by atoms with van der Waals surface area (Å²) in [4.78, 5) is 13.5. The Morgan fingerprint density at radius 1 is 1.29 bits per heavy atom. The summed E-state index contributed by atoms with van der Waals surface area (Å²) in [6, 6.07) is 7.80. The molecule has 74 valence electrons. The van der Waals surface area contributed by atoms with E-state index < -0.39 is 0 Å². The van der Waals surface area contributed by atoms with Crippen molar-refractivity contribution in [3.63, 3.8) is 0 Å². The number of nitrogens with zero attached hydrogens (tertiary/aromatic N) is 1. The number of carbonyl (C=O) groups excluding carboxylic acids is 1. The highest BCUT2D eigenvalue weighted by Gasteiger charge is 2.30. The van der Waals surface area contributed by atoms with Gasteiger partial charge in [0.2, 0.25) is 5.91 Å². The van der Waals surface area contributed by atoms with Gasteiger partial charge in [-0.15, -0.1) is 0 Å². The van der Waals surface area contributed by atoms with E-state index in [0.717, 1.165) is 23.1 Å². The number of halogens is 2. The molecule has 1 heterocycles. The molecule has 1 amide bonds. The number of hydrogen-bond acceptors (Lipinski definition) is 1. The minimum atomic E-state index is -0.00820. The number of carbonyl (C=O) groups is 1. The minimum Gasteiger partial charge on any atom is -0.311 e. The number of anilines is 1. The van der Waals surface area contributed by atoms with Crippen LogP contribution in [0.5, 0.6) is 0 Å². The maximum atomic E-state index is 11.7. The molecule has 1 fully saturated rings. The Labute approximate surface area is 99.5 Å². The van der Waals surface area contributed by atoms with Crippen LogP contribution in [0.2, 0.25) is 0 Å². The topological polar surface area (TPSA) is 20.3 Å². The van der Waals surface area contributed by atoms with E-state index in [1.54, 1.807) is 0 Å². The quantitative estimate of drug-likeness (QED) is 0.729. The van der Waals surface area contributed by atoms with Crippen LogP contribution in [0.1, 0.15) is 6.42 Å². The molecule has 0 radical (unpaired) electrons. The van der Waals surface area contributed by atoms with Crippen molar-refractivity contribution < 1.29 is 4.79 Å². The first kappa shape index (κ1) is 10.2. The lowest BCUT2D eigenvalue weighted by Gasteiger charge is -2.15. The highest BCUT2D eigenvalue weighted by atomic mass is 79.9. The second-order valence-corrected chi connectivity index (χ2v) is 5.24. The highest BCUT2D eigenvalue weighted by Crippen LogP contribution is 2.26. The molecule has 0 unspecified atom stereocenters. The summed E-state index contributed by atoms with van der Waals surface area (Å²) in [5.74, 6) is 0.160. The number of amides is 1. The van der Waals surface area contributed by atoms with Crippen molar-refractivity contribution in [2.75, 3.05) is 11.4 Å². The predicted octanol–water partition coefficient (Wildman–Crippen LogP) is 2.95. The number of rotatable bonds is 1. The largest absolute Gasteiger partial charge is 0.311 e. The first-order valence-corrected chi connectivity index (χ1v) is 6.10. The normalized spacial score (nSPS) is 21.7. The molecule has 0 saturated carbocycles. The smallest absolute Gasteiger partial charge is 0.240 e. The van der Waals surface area contributed by atoms with Gasteiger partial charge in [-0.25, -0.2) is 0 Å². The summed E-state index contributed by atoms with van der Waals surface area (Å²) < 4.78 is 1.03. The third-order valence-electron chi connectivity index (χ3n) is 2.28. The molecule has 0 aliphatic carbocycles. The second kappa shape index (κ2) is 4.03. The van der Waals surface area contributed by atoms with E-state index in [1.807, 2.05) is 29.2 Å². The highest BCUT2D eigenvalue weighted by molar-refractivity contribution is 9.10. The molecule has 1 aromatic rings. The zero-order valence-electron chi connectivity index (χ0n) is 7.41. The minimum absolute atomic E-state index is 0.00820. The first-order chi connectivity index (χ1) is 6.68. The van der Waals surface area contributed by atoms with E-state index in [2.05, 4.69) is 31.9 Å². The van der Waals surface area contributed by atoms with Crippen LogP contribution in [0.25, 0.3) is 0 Å². The van der Waals surface area contributed by atoms with Gasteiger partial charge in [-0.3, -0.25) is 4.79 Å². The molecule has 1 saturated heterocycles. The molecule has 1 aromatic carbocycles. The summed E-state index contributed by atoms with van der Waals surface area (Å²) in [5.41, 5.74) is 0.972. The van der Waals surface area contributed by atoms with Crippen molar-refractivity contribution in [1.82, 2.24) is 0 Å². The Bertz CT molecular complexity index is 350. The van der Waals surface area contributed by atoms with Crippen LogP contribution in [0.3, 0.4) is 0 Å². The third kappa shape index (κ3) is 1.86. The summed E-state index contributed by atoms with van der Waals surface area (Å²) in [6.45, 7) is 0.802. The zero-order chi connectivity index (χ0) is 10.1. The number of hydrogen-bond donors (Lipinski definition) is 0. The molecule has 1 aliphatic heterocycles. The second-order valence-electron chi connectivity index (χ2n) is 3.22. The van der Waals surface area contributed by atoms with Gasteiger partial charge in [0, 0.05) is 16.7 Å². The number of benzene rings is 1. The summed E-state index contributed by atoms with van der Waals surface area (Å²) in [7, 11) is 0. The van der Waals surface area contributed by atoms with Crippen LogP contribution in [-0.4, -0.2) is 17.3 Å². The Morgan fingerprint density at radius 3 is 2.43 bits per heavy atom. The van der Waals surface area contributed by atoms with Crippen LogP contribution >= 0.6 is 31.9 Å². The van der Waals surface area contributed by atoms with Crippen LogP contribution in [0, 0.1) is 0 Å². The number of alkyl halides is 1. The molecule has 0 N–H and O–H groups in total. The van der Waals surface area contributed by atoms with Gasteiger partial charge in [0.25, 0.3) is 0 Å². The van der Waals surface area contributed by atoms with E-state index in [1.165, 1.54) is 0 Å². The lowest BCUT2D eigenvalue weighted by atomic mass is 10.3. The molecule has 1 aliphatic rings. The SMILES string of the molecule is O=C1[C@@H](Br)CCN1c1ccc(Br)cc1. The molecule has 2 rings (SSSR count). The first-order valence-electron chi connectivity index (χ1n) is 4.39. The molecule has 1 atom stereocenters. The molecule has 0 bridgehead atoms. The van der Waals surface area contributed by atoms with Crippen LogP contribution < -0.4 is 4.90 Å². The van der Waals surface area contributed by atoms with E-state index >= 15 is 0 Å². The Hall–Kier alpha value is -0.350. The Balaban J connectivity index is 2.24. The standard InChI is InChI=1S/C10H9Br2NO/c11-7-1-3-8(4-2-7)13-6-5-9(12)10(13)14/h1-4,9H,5-6H2/t9-/m0/s1. The van der Waals surface area contributed by atoms with Gasteiger partial charge in [-0.1, -0.05) is 31.9 Å². The molecule has 4 heteroatoms. The van der Waals surface area contributed by atoms with E-state index in [-0.39, 0.29) is 10.7 Å². The average molecular weight is 319 g/mol. The van der Waals surface area contributed by atoms with Crippen LogP contribution in [-0.2, 0) is 4.79 Å². The fraction of sp³-hybridized carbons (Fsp3) is 0.300. The molecule has 0 aromatic heterocycles. The third-order valence-corrected chi connectivity index (χ3v) is 3.66. The zero-order valence-corrected chi connectivity index (χ0v) is 10.6. The average Bonchev–Trinajstić information content (AvgIpc) is 2.50. The monoisotopic (exact) mass is 317 g/mol. The van der Waals surface area contributed by atoms with Gasteiger partial charge in [-0.05, 0) is 30.7 Å². The lowest BCUT2D eigenvalue weighted by Crippen LogP contribution is -2.26. The molecular weight excluding hydrogens is 310 g/mol. The fourth-order valence-corrected chi connectivity index (χ4v) is 2.24. The van der Waals surface area contributed by atoms with E-state index in [4.69, 9.17) is 0 Å². The fourth-order valence-electron chi connectivity index (χ4n) is 1.52. The molecule has 14 heavy (non-hydrogen) atoms. The van der Waals surface area contributed by atoms with Crippen molar-refractivity contribution in [2.24, 2.45) is 0 Å². The maximum Gasteiger partial charge on any atom is 0.240 e. The van der Waals surface area contributed by atoms with Crippen molar-refractivity contribution in [2.45, 2.75) is 11.2 Å². The van der Waals surface area contributed by atoms with Crippen molar-refractivity contribution in [3.05, 3.63) is 28.7 Å². The summed E-state index contributed by atoms with van der Waals surface area (Å²) >= 11 is 6.72. The predicted molar refractivity (Wildman–Crippen MR) is 63.8 cm³/mol. The molecule has 0 spiro atoms. The van der Waals surface area contributed by atoms with Crippen molar-refractivity contribution in [1.29, 1.82) is 0 Å². The molecule has 2 nitrogen and oxygen atoms in total. The lowest BCUT2D eigenvalue weighted by molar-refractivity contribution is -0.116. The van der Waals surface area contributed by atoms with E-state index in [9.17, 15) is 4.79 Å². The van der Waals surface area contributed by atoms with Gasteiger partial charge in [0.15, 0.2) is 0 Å². The van der Waals surface area contributed by atoms with Gasteiger partial charge in [0.05, 0.1) is 4.83 Å². The van der Waals surface area contributed by atoms with Gasteiger partial charge in [0.1, 0.15) is 0 Å². The Morgan fingerprint density at radius 2 is 1.93 bits per heavy atom. The van der Waals surface area contributed by atoms with Crippen molar-refractivity contribution in [3.8, 4) is 0 Å². The van der Waals surface area contributed by atoms with Gasteiger partial charge in [-0.2, -0.15) is 0 Å². The summed E-state index contributed by atoms with van der Waals surface area (Å²) in [6.07, 6.45) is 0.884. The van der Waals surface area contributed by atoms with E-state index in [0.29, 0.717) is 0 Å². The van der Waals surface area contributed by atoms with Gasteiger partial charge < -0.3 is 4.90 Å². The Kier molecular flexibility index (Phi) is 2.93. The van der Waals surface area contributed by atoms with Crippen LogP contribution in [0.15, 0.2) is 28.7 Å². The molecular formula is C10H9Br2NO. The van der Waals surface area contributed by atoms with Crippen molar-refractivity contribution >= 4 is 43.5 Å².